The summed E-state index contributed by atoms with van der Waals surface area (Å²) in [6.07, 6.45) is 9.37. The third-order valence-electron chi connectivity index (χ3n) is 9.33. The van der Waals surface area contributed by atoms with Gasteiger partial charge in [-0.3, -0.25) is 4.57 Å². The monoisotopic (exact) mass is 590 g/mol. The molecule has 1 aliphatic rings. The first-order valence-electron chi connectivity index (χ1n) is 15.7. The van der Waals surface area contributed by atoms with Crippen LogP contribution in [-0.2, 0) is 0 Å². The SMILES string of the molecule is C1=CCC(c2nc(-c3ccc4oc5c6ccccc6ccc5c4c3)nc(-n3c4ccccc4c4ccc5ccccc5c43)n2)C=C1. The molecule has 0 bridgehead atoms. The number of nitrogens with zero attached hydrogens (tertiary/aromatic N) is 4. The molecule has 1 unspecified atom stereocenters. The summed E-state index contributed by atoms with van der Waals surface area (Å²) in [6.45, 7) is 0. The van der Waals surface area contributed by atoms with E-state index in [9.17, 15) is 0 Å². The molecule has 46 heavy (non-hydrogen) atoms. The standard InChI is InChI=1S/C41H26N4O/c1-2-12-27(13-3-1)39-42-40(28-20-23-36-34(24-28)33-22-19-26-11-5-7-15-30(26)38(33)46-36)44-41(43-39)45-35-17-9-8-16-31(35)32-21-18-25-10-4-6-14-29(25)37(32)45/h1-12,14-24,27H,13H2. The highest BCUT2D eigenvalue weighted by molar-refractivity contribution is 6.18. The molecule has 3 heterocycles. The van der Waals surface area contributed by atoms with Crippen molar-refractivity contribution in [2.45, 2.75) is 12.3 Å². The molecule has 1 atom stereocenters. The first kappa shape index (κ1) is 25.3. The summed E-state index contributed by atoms with van der Waals surface area (Å²) in [5.41, 5.74) is 4.84. The molecule has 0 saturated carbocycles. The fraction of sp³-hybridized carbons (Fsp3) is 0.0488. The van der Waals surface area contributed by atoms with Gasteiger partial charge in [0.1, 0.15) is 17.0 Å². The van der Waals surface area contributed by atoms with Crippen molar-refractivity contribution < 1.29 is 4.42 Å². The summed E-state index contributed by atoms with van der Waals surface area (Å²) in [5, 5.41) is 9.09. The maximum absolute atomic E-state index is 6.42. The van der Waals surface area contributed by atoms with Gasteiger partial charge in [0.05, 0.1) is 11.0 Å². The second-order valence-corrected chi connectivity index (χ2v) is 12.0. The van der Waals surface area contributed by atoms with E-state index in [4.69, 9.17) is 19.4 Å². The van der Waals surface area contributed by atoms with Crippen LogP contribution in [0.15, 0.2) is 144 Å². The van der Waals surface area contributed by atoms with Gasteiger partial charge in [-0.25, -0.2) is 4.98 Å². The summed E-state index contributed by atoms with van der Waals surface area (Å²) < 4.78 is 8.65. The van der Waals surface area contributed by atoms with Crippen LogP contribution in [0.25, 0.3) is 82.6 Å². The Kier molecular flexibility index (Phi) is 5.34. The zero-order valence-electron chi connectivity index (χ0n) is 24.8. The maximum Gasteiger partial charge on any atom is 0.238 e. The molecule has 1 aliphatic carbocycles. The highest BCUT2D eigenvalue weighted by Crippen LogP contribution is 2.38. The normalized spacial score (nSPS) is 14.9. The number of para-hydroxylation sites is 1. The maximum atomic E-state index is 6.42. The van der Waals surface area contributed by atoms with Gasteiger partial charge in [-0.2, -0.15) is 9.97 Å². The Morgan fingerprint density at radius 2 is 1.37 bits per heavy atom. The Bertz CT molecular complexity index is 2750. The molecular formula is C41H26N4O. The van der Waals surface area contributed by atoms with Gasteiger partial charge in [0, 0.05) is 43.8 Å². The average molecular weight is 591 g/mol. The fourth-order valence-corrected chi connectivity index (χ4v) is 7.13. The molecule has 9 aromatic rings. The molecule has 0 N–H and O–H groups in total. The average Bonchev–Trinajstić information content (AvgIpc) is 3.68. The second kappa shape index (κ2) is 9.71. The van der Waals surface area contributed by atoms with Crippen LogP contribution in [0.5, 0.6) is 0 Å². The van der Waals surface area contributed by atoms with Gasteiger partial charge in [0.15, 0.2) is 5.82 Å². The number of aromatic nitrogens is 4. The first-order chi connectivity index (χ1) is 22.8. The predicted molar refractivity (Wildman–Crippen MR) is 188 cm³/mol. The minimum absolute atomic E-state index is 0.0557. The van der Waals surface area contributed by atoms with Crippen LogP contribution in [-0.4, -0.2) is 19.5 Å². The predicted octanol–water partition coefficient (Wildman–Crippen LogP) is 10.4. The number of rotatable bonds is 3. The molecule has 3 aromatic heterocycles. The molecule has 0 saturated heterocycles. The van der Waals surface area contributed by atoms with E-state index in [0.29, 0.717) is 11.8 Å². The van der Waals surface area contributed by atoms with E-state index in [1.54, 1.807) is 0 Å². The van der Waals surface area contributed by atoms with Crippen LogP contribution in [0.3, 0.4) is 0 Å². The van der Waals surface area contributed by atoms with Gasteiger partial charge >= 0.3 is 0 Å². The summed E-state index contributed by atoms with van der Waals surface area (Å²) in [4.78, 5) is 15.6. The topological polar surface area (TPSA) is 56.7 Å². The van der Waals surface area contributed by atoms with Crippen molar-refractivity contribution in [1.29, 1.82) is 0 Å². The van der Waals surface area contributed by atoms with E-state index in [-0.39, 0.29) is 5.92 Å². The molecule has 10 rings (SSSR count). The smallest absolute Gasteiger partial charge is 0.238 e. The number of fused-ring (bicyclic) bond motifs is 10. The molecule has 5 nitrogen and oxygen atoms in total. The zero-order valence-corrected chi connectivity index (χ0v) is 24.8. The van der Waals surface area contributed by atoms with Crippen molar-refractivity contribution in [3.8, 4) is 17.3 Å². The lowest BCUT2D eigenvalue weighted by Crippen LogP contribution is -2.11. The van der Waals surface area contributed by atoms with Crippen molar-refractivity contribution in [1.82, 2.24) is 19.5 Å². The van der Waals surface area contributed by atoms with Crippen molar-refractivity contribution in [3.05, 3.63) is 145 Å². The van der Waals surface area contributed by atoms with Gasteiger partial charge in [-0.1, -0.05) is 109 Å². The summed E-state index contributed by atoms with van der Waals surface area (Å²) >= 11 is 0. The van der Waals surface area contributed by atoms with Gasteiger partial charge in [0.2, 0.25) is 5.95 Å². The third-order valence-corrected chi connectivity index (χ3v) is 9.33. The molecule has 0 aliphatic heterocycles. The van der Waals surface area contributed by atoms with Crippen LogP contribution < -0.4 is 0 Å². The quantitative estimate of drug-likeness (QED) is 0.205. The second-order valence-electron chi connectivity index (χ2n) is 12.0. The van der Waals surface area contributed by atoms with Crippen LogP contribution in [0.2, 0.25) is 0 Å². The lowest BCUT2D eigenvalue weighted by atomic mass is 10.00. The summed E-state index contributed by atoms with van der Waals surface area (Å²) in [5.74, 6) is 2.08. The highest BCUT2D eigenvalue weighted by atomic mass is 16.3. The number of benzene rings is 6. The van der Waals surface area contributed by atoms with Gasteiger partial charge < -0.3 is 4.42 Å². The minimum atomic E-state index is 0.0557. The van der Waals surface area contributed by atoms with E-state index in [1.807, 2.05) is 6.07 Å². The van der Waals surface area contributed by atoms with Crippen molar-refractivity contribution in [2.75, 3.05) is 0 Å². The number of hydrogen-bond acceptors (Lipinski definition) is 4. The van der Waals surface area contributed by atoms with E-state index in [0.717, 1.165) is 61.6 Å². The van der Waals surface area contributed by atoms with Crippen molar-refractivity contribution in [3.63, 3.8) is 0 Å². The molecule has 0 fully saturated rings. The van der Waals surface area contributed by atoms with E-state index >= 15 is 0 Å². The Labute approximate surface area is 263 Å². The number of allylic oxidation sites excluding steroid dienone is 4. The lowest BCUT2D eigenvalue weighted by molar-refractivity contribution is 0.672. The van der Waals surface area contributed by atoms with Crippen LogP contribution in [0.1, 0.15) is 18.2 Å². The zero-order chi connectivity index (χ0) is 30.2. The van der Waals surface area contributed by atoms with E-state index in [2.05, 4.69) is 138 Å². The largest absolute Gasteiger partial charge is 0.455 e. The number of furan rings is 1. The summed E-state index contributed by atoms with van der Waals surface area (Å²) in [6, 6.07) is 40.4. The fourth-order valence-electron chi connectivity index (χ4n) is 7.13. The van der Waals surface area contributed by atoms with Crippen LogP contribution in [0, 0.1) is 0 Å². The van der Waals surface area contributed by atoms with Gasteiger partial charge in [-0.15, -0.1) is 0 Å². The molecule has 5 heteroatoms. The molecule has 0 amide bonds. The molecule has 0 spiro atoms. The molecule has 0 radical (unpaired) electrons. The van der Waals surface area contributed by atoms with E-state index in [1.165, 1.54) is 21.5 Å². The Morgan fingerprint density at radius 3 is 2.22 bits per heavy atom. The third kappa shape index (κ3) is 3.72. The highest BCUT2D eigenvalue weighted by Gasteiger charge is 2.22. The minimum Gasteiger partial charge on any atom is -0.455 e. The van der Waals surface area contributed by atoms with Crippen molar-refractivity contribution in [2.24, 2.45) is 0 Å². The Balaban J connectivity index is 1.26. The lowest BCUT2D eigenvalue weighted by Gasteiger charge is -2.15. The Morgan fingerprint density at radius 1 is 0.609 bits per heavy atom. The van der Waals surface area contributed by atoms with Crippen LogP contribution >= 0.6 is 0 Å². The first-order valence-corrected chi connectivity index (χ1v) is 15.7. The molecule has 216 valence electrons. The van der Waals surface area contributed by atoms with Crippen molar-refractivity contribution >= 4 is 65.3 Å². The van der Waals surface area contributed by atoms with E-state index < -0.39 is 0 Å². The molecule has 6 aromatic carbocycles. The summed E-state index contributed by atoms with van der Waals surface area (Å²) in [7, 11) is 0. The number of hydrogen-bond donors (Lipinski definition) is 0. The van der Waals surface area contributed by atoms with Crippen LogP contribution in [0.4, 0.5) is 0 Å². The van der Waals surface area contributed by atoms with Gasteiger partial charge in [0.25, 0.3) is 0 Å². The van der Waals surface area contributed by atoms with Gasteiger partial charge in [-0.05, 0) is 47.5 Å². The Hall–Kier alpha value is -6.07. The molecular weight excluding hydrogens is 564 g/mol.